The molecule has 0 spiro atoms. The maximum Gasteiger partial charge on any atom is 0.238 e. The summed E-state index contributed by atoms with van der Waals surface area (Å²) >= 11 is 5.94. The number of halogens is 1. The van der Waals surface area contributed by atoms with Gasteiger partial charge in [-0.15, -0.1) is 11.6 Å². The molecule has 0 saturated carbocycles. The molecule has 0 aromatic rings. The van der Waals surface area contributed by atoms with Gasteiger partial charge in [0.05, 0.1) is 0 Å². The van der Waals surface area contributed by atoms with Crippen molar-refractivity contribution in [3.8, 4) is 0 Å². The molecule has 13 heavy (non-hydrogen) atoms. The zero-order valence-corrected chi connectivity index (χ0v) is 9.74. The molecule has 1 unspecified atom stereocenters. The van der Waals surface area contributed by atoms with E-state index in [1.165, 1.54) is 0 Å². The fourth-order valence-corrected chi connectivity index (χ4v) is 1.53. The molecule has 0 aromatic heterocycles. The van der Waals surface area contributed by atoms with Crippen LogP contribution in [0, 0.1) is 5.41 Å². The Hall–Kier alpha value is -0.240. The van der Waals surface area contributed by atoms with E-state index in [0.29, 0.717) is 13.0 Å². The number of alkyl halides is 1. The van der Waals surface area contributed by atoms with E-state index < -0.39 is 5.38 Å². The highest BCUT2D eigenvalue weighted by Gasteiger charge is 2.22. The smallest absolute Gasteiger partial charge is 0.238 e. The summed E-state index contributed by atoms with van der Waals surface area (Å²) in [6.07, 6.45) is 1.66. The molecule has 1 amide bonds. The minimum absolute atomic E-state index is 0.0431. The van der Waals surface area contributed by atoms with Gasteiger partial charge in [-0.3, -0.25) is 4.79 Å². The van der Waals surface area contributed by atoms with Crippen LogP contribution in [0.5, 0.6) is 0 Å². The summed E-state index contributed by atoms with van der Waals surface area (Å²) in [6, 6.07) is 0. The first-order valence-corrected chi connectivity index (χ1v) is 5.22. The van der Waals surface area contributed by atoms with E-state index in [2.05, 4.69) is 26.1 Å². The SMILES string of the molecule is CCCNC(=O)C(Cl)CC(C)(C)C. The van der Waals surface area contributed by atoms with Gasteiger partial charge in [0.2, 0.25) is 5.91 Å². The van der Waals surface area contributed by atoms with Crippen LogP contribution >= 0.6 is 11.6 Å². The van der Waals surface area contributed by atoms with Crippen LogP contribution in [-0.4, -0.2) is 17.8 Å². The Kier molecular flexibility index (Phi) is 5.38. The molecule has 0 aliphatic heterocycles. The summed E-state index contributed by atoms with van der Waals surface area (Å²) in [4.78, 5) is 11.3. The fraction of sp³-hybridized carbons (Fsp3) is 0.900. The molecular weight excluding hydrogens is 186 g/mol. The molecule has 0 fully saturated rings. The predicted molar refractivity (Wildman–Crippen MR) is 57.0 cm³/mol. The third-order valence-electron chi connectivity index (χ3n) is 1.63. The van der Waals surface area contributed by atoms with Gasteiger partial charge in [-0.1, -0.05) is 27.7 Å². The largest absolute Gasteiger partial charge is 0.355 e. The van der Waals surface area contributed by atoms with Crippen LogP contribution in [0.1, 0.15) is 40.5 Å². The first-order valence-electron chi connectivity index (χ1n) is 4.78. The third kappa shape index (κ3) is 6.88. The van der Waals surface area contributed by atoms with Gasteiger partial charge in [-0.2, -0.15) is 0 Å². The van der Waals surface area contributed by atoms with Crippen molar-refractivity contribution in [1.82, 2.24) is 5.32 Å². The van der Waals surface area contributed by atoms with Crippen molar-refractivity contribution < 1.29 is 4.79 Å². The molecule has 0 rings (SSSR count). The molecule has 3 heteroatoms. The summed E-state index contributed by atoms with van der Waals surface area (Å²) in [7, 11) is 0. The van der Waals surface area contributed by atoms with E-state index in [1.54, 1.807) is 0 Å². The Balaban J connectivity index is 3.83. The number of nitrogens with one attached hydrogen (secondary N) is 1. The lowest BCUT2D eigenvalue weighted by atomic mass is 9.90. The molecule has 1 N–H and O–H groups in total. The second-order valence-electron chi connectivity index (χ2n) is 4.52. The summed E-state index contributed by atoms with van der Waals surface area (Å²) in [5, 5.41) is 2.39. The molecule has 0 aliphatic rings. The molecular formula is C10H20ClNO. The van der Waals surface area contributed by atoms with Crippen LogP contribution in [0.15, 0.2) is 0 Å². The zero-order valence-electron chi connectivity index (χ0n) is 8.98. The van der Waals surface area contributed by atoms with Gasteiger partial charge < -0.3 is 5.32 Å². The molecule has 78 valence electrons. The van der Waals surface area contributed by atoms with Gasteiger partial charge in [-0.25, -0.2) is 0 Å². The van der Waals surface area contributed by atoms with Crippen molar-refractivity contribution in [2.45, 2.75) is 45.9 Å². The lowest BCUT2D eigenvalue weighted by Crippen LogP contribution is -2.34. The van der Waals surface area contributed by atoms with Crippen molar-refractivity contribution in [3.63, 3.8) is 0 Å². The number of carbonyl (C=O) groups is 1. The number of rotatable bonds is 4. The summed E-state index contributed by atoms with van der Waals surface area (Å²) in [5.74, 6) is -0.0431. The third-order valence-corrected chi connectivity index (χ3v) is 1.98. The minimum Gasteiger partial charge on any atom is -0.355 e. The molecule has 0 aliphatic carbocycles. The van der Waals surface area contributed by atoms with Crippen molar-refractivity contribution >= 4 is 17.5 Å². The number of hydrogen-bond donors (Lipinski definition) is 1. The maximum absolute atomic E-state index is 11.3. The van der Waals surface area contributed by atoms with Gasteiger partial charge in [0.1, 0.15) is 5.38 Å². The van der Waals surface area contributed by atoms with Crippen LogP contribution < -0.4 is 5.32 Å². The van der Waals surface area contributed by atoms with Crippen molar-refractivity contribution in [1.29, 1.82) is 0 Å². The first-order chi connectivity index (χ1) is 5.87. The van der Waals surface area contributed by atoms with Crippen LogP contribution in [0.3, 0.4) is 0 Å². The average molecular weight is 206 g/mol. The number of carbonyl (C=O) groups excluding carboxylic acids is 1. The Morgan fingerprint density at radius 1 is 1.46 bits per heavy atom. The second-order valence-corrected chi connectivity index (χ2v) is 5.05. The fourth-order valence-electron chi connectivity index (χ4n) is 0.989. The number of amides is 1. The summed E-state index contributed by atoms with van der Waals surface area (Å²) in [5.41, 5.74) is 0.107. The predicted octanol–water partition coefficient (Wildman–Crippen LogP) is 2.56. The molecule has 0 radical (unpaired) electrons. The van der Waals surface area contributed by atoms with E-state index in [4.69, 9.17) is 11.6 Å². The van der Waals surface area contributed by atoms with Gasteiger partial charge >= 0.3 is 0 Å². The zero-order chi connectivity index (χ0) is 10.5. The van der Waals surface area contributed by atoms with E-state index in [0.717, 1.165) is 6.42 Å². The highest BCUT2D eigenvalue weighted by atomic mass is 35.5. The quantitative estimate of drug-likeness (QED) is 0.703. The molecule has 0 heterocycles. The van der Waals surface area contributed by atoms with Crippen LogP contribution in [-0.2, 0) is 4.79 Å². The topological polar surface area (TPSA) is 29.1 Å². The normalized spacial score (nSPS) is 13.9. The highest BCUT2D eigenvalue weighted by Crippen LogP contribution is 2.23. The number of hydrogen-bond acceptors (Lipinski definition) is 1. The van der Waals surface area contributed by atoms with Crippen LogP contribution in [0.2, 0.25) is 0 Å². The Labute approximate surface area is 86.0 Å². The van der Waals surface area contributed by atoms with Gasteiger partial charge in [0.25, 0.3) is 0 Å². The van der Waals surface area contributed by atoms with Crippen molar-refractivity contribution in [2.75, 3.05) is 6.54 Å². The maximum atomic E-state index is 11.3. The van der Waals surface area contributed by atoms with Gasteiger partial charge in [-0.05, 0) is 18.3 Å². The van der Waals surface area contributed by atoms with Gasteiger partial charge in [0, 0.05) is 6.54 Å². The van der Waals surface area contributed by atoms with E-state index in [1.807, 2.05) is 6.92 Å². The molecule has 0 bridgehead atoms. The highest BCUT2D eigenvalue weighted by molar-refractivity contribution is 6.30. The molecule has 0 saturated heterocycles. The van der Waals surface area contributed by atoms with E-state index >= 15 is 0 Å². The lowest BCUT2D eigenvalue weighted by Gasteiger charge is -2.21. The standard InChI is InChI=1S/C10H20ClNO/c1-5-6-12-9(13)8(11)7-10(2,3)4/h8H,5-7H2,1-4H3,(H,12,13). The summed E-state index contributed by atoms with van der Waals surface area (Å²) in [6.45, 7) is 8.97. The summed E-state index contributed by atoms with van der Waals surface area (Å²) < 4.78 is 0. The molecule has 0 aromatic carbocycles. The second kappa shape index (κ2) is 5.48. The van der Waals surface area contributed by atoms with Crippen LogP contribution in [0.4, 0.5) is 0 Å². The average Bonchev–Trinajstić information content (AvgIpc) is 1.96. The van der Waals surface area contributed by atoms with E-state index in [-0.39, 0.29) is 11.3 Å². The van der Waals surface area contributed by atoms with E-state index in [9.17, 15) is 4.79 Å². The lowest BCUT2D eigenvalue weighted by molar-refractivity contribution is -0.121. The van der Waals surface area contributed by atoms with Crippen molar-refractivity contribution in [2.24, 2.45) is 5.41 Å². The van der Waals surface area contributed by atoms with Crippen LogP contribution in [0.25, 0.3) is 0 Å². The van der Waals surface area contributed by atoms with Gasteiger partial charge in [0.15, 0.2) is 0 Å². The Bertz CT molecular complexity index is 163. The first kappa shape index (κ1) is 12.8. The minimum atomic E-state index is -0.397. The Morgan fingerprint density at radius 2 is 2.00 bits per heavy atom. The Morgan fingerprint density at radius 3 is 2.38 bits per heavy atom. The molecule has 1 atom stereocenters. The molecule has 2 nitrogen and oxygen atoms in total. The monoisotopic (exact) mass is 205 g/mol. The van der Waals surface area contributed by atoms with Crippen molar-refractivity contribution in [3.05, 3.63) is 0 Å².